The third kappa shape index (κ3) is 3.04. The number of aryl methyl sites for hydroxylation is 1. The first-order valence-corrected chi connectivity index (χ1v) is 8.15. The second-order valence-corrected chi connectivity index (χ2v) is 6.42. The molecule has 0 radical (unpaired) electrons. The maximum Gasteiger partial charge on any atom is 0.125 e. The second-order valence-electron chi connectivity index (χ2n) is 5.07. The Morgan fingerprint density at radius 2 is 2.10 bits per heavy atom. The zero-order valence-corrected chi connectivity index (χ0v) is 14.1. The van der Waals surface area contributed by atoms with E-state index in [1.165, 1.54) is 5.56 Å². The summed E-state index contributed by atoms with van der Waals surface area (Å²) < 4.78 is 12.1. The molecular formula is C17H16BrClO2. The molecule has 0 fully saturated rings. The van der Waals surface area contributed by atoms with Gasteiger partial charge in [0.25, 0.3) is 0 Å². The molecule has 0 spiro atoms. The van der Waals surface area contributed by atoms with E-state index in [0.29, 0.717) is 0 Å². The van der Waals surface area contributed by atoms with Crippen LogP contribution in [0.3, 0.4) is 0 Å². The first kappa shape index (κ1) is 14.7. The van der Waals surface area contributed by atoms with Gasteiger partial charge in [0.15, 0.2) is 0 Å². The fourth-order valence-corrected chi connectivity index (χ4v) is 3.27. The average molecular weight is 368 g/mol. The van der Waals surface area contributed by atoms with Crippen molar-refractivity contribution in [2.24, 2.45) is 0 Å². The van der Waals surface area contributed by atoms with Crippen LogP contribution in [0.25, 0.3) is 0 Å². The monoisotopic (exact) mass is 366 g/mol. The van der Waals surface area contributed by atoms with E-state index in [9.17, 15) is 0 Å². The fourth-order valence-electron chi connectivity index (χ4n) is 2.61. The molecule has 1 unspecified atom stereocenters. The third-order valence-electron chi connectivity index (χ3n) is 3.69. The predicted molar refractivity (Wildman–Crippen MR) is 88.6 cm³/mol. The number of halogens is 2. The summed E-state index contributed by atoms with van der Waals surface area (Å²) in [4.78, 5) is 0. The fraction of sp³-hybridized carbons (Fsp3) is 0.294. The number of ether oxygens (including phenoxy) is 2. The van der Waals surface area contributed by atoms with Gasteiger partial charge in [-0.2, -0.15) is 0 Å². The first-order valence-electron chi connectivity index (χ1n) is 6.92. The standard InChI is InChI=1S/C17H16BrClO2/c1-20-16-10-13(18)5-6-14(16)17(19)12-4-7-15-11(9-12)3-2-8-21-15/h4-7,9-10,17H,2-3,8H2,1H3. The van der Waals surface area contributed by atoms with Crippen LogP contribution in [0.4, 0.5) is 0 Å². The number of benzene rings is 2. The van der Waals surface area contributed by atoms with Crippen molar-refractivity contribution in [3.05, 3.63) is 57.6 Å². The molecule has 2 aromatic carbocycles. The molecule has 21 heavy (non-hydrogen) atoms. The topological polar surface area (TPSA) is 18.5 Å². The highest BCUT2D eigenvalue weighted by atomic mass is 79.9. The molecule has 0 aliphatic carbocycles. The lowest BCUT2D eigenvalue weighted by atomic mass is 9.98. The van der Waals surface area contributed by atoms with Gasteiger partial charge in [0, 0.05) is 10.0 Å². The van der Waals surface area contributed by atoms with Gasteiger partial charge in [-0.25, -0.2) is 0 Å². The van der Waals surface area contributed by atoms with Crippen LogP contribution in [0.2, 0.25) is 0 Å². The van der Waals surface area contributed by atoms with E-state index in [4.69, 9.17) is 21.1 Å². The van der Waals surface area contributed by atoms with Crippen molar-refractivity contribution in [3.8, 4) is 11.5 Å². The Bertz CT molecular complexity index is 657. The molecule has 3 rings (SSSR count). The molecule has 0 aromatic heterocycles. The van der Waals surface area contributed by atoms with Gasteiger partial charge in [-0.1, -0.05) is 34.1 Å². The molecule has 1 atom stereocenters. The maximum absolute atomic E-state index is 6.67. The van der Waals surface area contributed by atoms with Crippen molar-refractivity contribution >= 4 is 27.5 Å². The Kier molecular flexibility index (Phi) is 4.41. The van der Waals surface area contributed by atoms with Gasteiger partial charge >= 0.3 is 0 Å². The minimum Gasteiger partial charge on any atom is -0.496 e. The molecule has 4 heteroatoms. The van der Waals surface area contributed by atoms with Gasteiger partial charge in [-0.05, 0) is 42.2 Å². The van der Waals surface area contributed by atoms with Crippen LogP contribution in [-0.2, 0) is 6.42 Å². The van der Waals surface area contributed by atoms with Crippen LogP contribution in [-0.4, -0.2) is 13.7 Å². The third-order valence-corrected chi connectivity index (χ3v) is 4.67. The molecule has 1 aliphatic rings. The zero-order chi connectivity index (χ0) is 14.8. The van der Waals surface area contributed by atoms with Gasteiger partial charge in [-0.15, -0.1) is 11.6 Å². The molecule has 0 N–H and O–H groups in total. The van der Waals surface area contributed by atoms with Gasteiger partial charge < -0.3 is 9.47 Å². The minimum atomic E-state index is -0.236. The summed E-state index contributed by atoms with van der Waals surface area (Å²) in [5, 5.41) is -0.236. The average Bonchev–Trinajstić information content (AvgIpc) is 2.53. The van der Waals surface area contributed by atoms with Crippen molar-refractivity contribution in [1.82, 2.24) is 0 Å². The number of hydrogen-bond acceptors (Lipinski definition) is 2. The quantitative estimate of drug-likeness (QED) is 0.702. The maximum atomic E-state index is 6.67. The molecule has 0 saturated heterocycles. The molecule has 110 valence electrons. The highest BCUT2D eigenvalue weighted by molar-refractivity contribution is 9.10. The lowest BCUT2D eigenvalue weighted by molar-refractivity contribution is 0.288. The normalized spacial score (nSPS) is 15.0. The first-order chi connectivity index (χ1) is 10.2. The summed E-state index contributed by atoms with van der Waals surface area (Å²) in [6.07, 6.45) is 2.11. The lowest BCUT2D eigenvalue weighted by Crippen LogP contribution is -2.09. The Balaban J connectivity index is 1.96. The number of alkyl halides is 1. The molecule has 0 bridgehead atoms. The summed E-state index contributed by atoms with van der Waals surface area (Å²) in [5.41, 5.74) is 3.28. The molecule has 2 aromatic rings. The molecule has 1 aliphatic heterocycles. The van der Waals surface area contributed by atoms with Crippen molar-refractivity contribution < 1.29 is 9.47 Å². The van der Waals surface area contributed by atoms with E-state index in [1.54, 1.807) is 7.11 Å². The highest BCUT2D eigenvalue weighted by Crippen LogP contribution is 2.38. The van der Waals surface area contributed by atoms with Gasteiger partial charge in [0.2, 0.25) is 0 Å². The summed E-state index contributed by atoms with van der Waals surface area (Å²) in [7, 11) is 1.66. The minimum absolute atomic E-state index is 0.236. The van der Waals surface area contributed by atoms with Crippen LogP contribution < -0.4 is 9.47 Å². The second kappa shape index (κ2) is 6.29. The number of methoxy groups -OCH3 is 1. The van der Waals surface area contributed by atoms with E-state index in [2.05, 4.69) is 22.0 Å². The molecular weight excluding hydrogens is 352 g/mol. The van der Waals surface area contributed by atoms with E-state index in [1.807, 2.05) is 30.3 Å². The summed E-state index contributed by atoms with van der Waals surface area (Å²) in [6, 6.07) is 12.1. The Morgan fingerprint density at radius 1 is 1.24 bits per heavy atom. The van der Waals surface area contributed by atoms with E-state index in [0.717, 1.165) is 46.5 Å². The lowest BCUT2D eigenvalue weighted by Gasteiger charge is -2.20. The zero-order valence-electron chi connectivity index (χ0n) is 11.7. The number of hydrogen-bond donors (Lipinski definition) is 0. The Morgan fingerprint density at radius 3 is 2.90 bits per heavy atom. The van der Waals surface area contributed by atoms with Crippen LogP contribution in [0.5, 0.6) is 11.5 Å². The summed E-state index contributed by atoms with van der Waals surface area (Å²) in [5.74, 6) is 1.77. The van der Waals surface area contributed by atoms with Crippen LogP contribution in [0.1, 0.15) is 28.5 Å². The van der Waals surface area contributed by atoms with Crippen molar-refractivity contribution in [1.29, 1.82) is 0 Å². The van der Waals surface area contributed by atoms with Crippen LogP contribution in [0.15, 0.2) is 40.9 Å². The molecule has 0 amide bonds. The van der Waals surface area contributed by atoms with Gasteiger partial charge in [-0.3, -0.25) is 0 Å². The Labute approximate surface area is 138 Å². The molecule has 1 heterocycles. The van der Waals surface area contributed by atoms with Gasteiger partial charge in [0.05, 0.1) is 19.1 Å². The van der Waals surface area contributed by atoms with Gasteiger partial charge in [0.1, 0.15) is 11.5 Å². The predicted octanol–water partition coefficient (Wildman–Crippen LogP) is 5.11. The van der Waals surface area contributed by atoms with Crippen LogP contribution >= 0.6 is 27.5 Å². The number of rotatable bonds is 3. The van der Waals surface area contributed by atoms with Crippen molar-refractivity contribution in [2.45, 2.75) is 18.2 Å². The Hall–Kier alpha value is -1.19. The van der Waals surface area contributed by atoms with Crippen LogP contribution in [0, 0.1) is 0 Å². The molecule has 2 nitrogen and oxygen atoms in total. The molecule has 0 saturated carbocycles. The largest absolute Gasteiger partial charge is 0.496 e. The van der Waals surface area contributed by atoms with E-state index in [-0.39, 0.29) is 5.38 Å². The van der Waals surface area contributed by atoms with Crippen molar-refractivity contribution in [3.63, 3.8) is 0 Å². The smallest absolute Gasteiger partial charge is 0.125 e. The van der Waals surface area contributed by atoms with E-state index >= 15 is 0 Å². The summed E-state index contributed by atoms with van der Waals surface area (Å²) in [6.45, 7) is 0.803. The summed E-state index contributed by atoms with van der Waals surface area (Å²) >= 11 is 10.1. The highest BCUT2D eigenvalue weighted by Gasteiger charge is 2.18. The SMILES string of the molecule is COc1cc(Br)ccc1C(Cl)c1ccc2c(c1)CCCO2. The van der Waals surface area contributed by atoms with Crippen molar-refractivity contribution in [2.75, 3.05) is 13.7 Å². The number of fused-ring (bicyclic) bond motifs is 1. The van der Waals surface area contributed by atoms with E-state index < -0.39 is 0 Å².